The largest absolute Gasteiger partial charge is 0.399 e. The van der Waals surface area contributed by atoms with Crippen LogP contribution in [0.3, 0.4) is 0 Å². The molecule has 102 valence electrons. The van der Waals surface area contributed by atoms with E-state index in [0.717, 1.165) is 30.0 Å². The van der Waals surface area contributed by atoms with E-state index in [2.05, 4.69) is 44.0 Å². The van der Waals surface area contributed by atoms with E-state index in [0.29, 0.717) is 12.1 Å². The molecule has 0 fully saturated rings. The molecule has 0 aliphatic rings. The average Bonchev–Trinajstić information content (AvgIpc) is 2.28. The van der Waals surface area contributed by atoms with Gasteiger partial charge in [-0.05, 0) is 58.4 Å². The Labute approximate surface area is 111 Å². The second-order valence-electron chi connectivity index (χ2n) is 5.42. The van der Waals surface area contributed by atoms with E-state index in [9.17, 15) is 0 Å². The lowest BCUT2D eigenvalue weighted by Crippen LogP contribution is -2.40. The fraction of sp³-hybridized carbons (Fsp3) is 0.600. The van der Waals surface area contributed by atoms with Crippen molar-refractivity contribution in [1.82, 2.24) is 4.90 Å². The molecule has 0 unspecified atom stereocenters. The predicted molar refractivity (Wildman–Crippen MR) is 81.1 cm³/mol. The molecule has 0 saturated carbocycles. The maximum atomic E-state index is 5.81. The molecule has 0 saturated heterocycles. The zero-order valence-electron chi connectivity index (χ0n) is 12.3. The highest BCUT2D eigenvalue weighted by atomic mass is 15.2. The average molecular weight is 249 g/mol. The summed E-state index contributed by atoms with van der Waals surface area (Å²) < 4.78 is 0. The quantitative estimate of drug-likeness (QED) is 0.761. The minimum Gasteiger partial charge on any atom is -0.399 e. The molecule has 1 aromatic rings. The van der Waals surface area contributed by atoms with E-state index < -0.39 is 0 Å². The van der Waals surface area contributed by atoms with Gasteiger partial charge in [0.2, 0.25) is 0 Å². The summed E-state index contributed by atoms with van der Waals surface area (Å²) in [5, 5.41) is 3.46. The van der Waals surface area contributed by atoms with Gasteiger partial charge in [0, 0.05) is 36.5 Å². The van der Waals surface area contributed by atoms with Gasteiger partial charge in [0.15, 0.2) is 0 Å². The summed E-state index contributed by atoms with van der Waals surface area (Å²) in [6.07, 6.45) is 0. The first-order valence-electron chi connectivity index (χ1n) is 6.77. The Morgan fingerprint density at radius 2 is 1.78 bits per heavy atom. The maximum Gasteiger partial charge on any atom is 0.0345 e. The summed E-state index contributed by atoms with van der Waals surface area (Å²) >= 11 is 0. The highest BCUT2D eigenvalue weighted by Gasteiger charge is 2.12. The number of hydrogen-bond donors (Lipinski definition) is 2. The molecule has 3 nitrogen and oxygen atoms in total. The molecule has 0 aliphatic carbocycles. The van der Waals surface area contributed by atoms with Gasteiger partial charge in [-0.3, -0.25) is 4.90 Å². The Morgan fingerprint density at radius 1 is 1.17 bits per heavy atom. The topological polar surface area (TPSA) is 41.3 Å². The van der Waals surface area contributed by atoms with Crippen molar-refractivity contribution in [2.75, 3.05) is 24.1 Å². The van der Waals surface area contributed by atoms with E-state index in [1.165, 1.54) is 0 Å². The Balaban J connectivity index is 2.47. The molecular formula is C15H27N3. The number of nitrogens with two attached hydrogens (primary N) is 1. The number of benzene rings is 1. The van der Waals surface area contributed by atoms with E-state index in [4.69, 9.17) is 5.73 Å². The molecule has 0 bridgehead atoms. The van der Waals surface area contributed by atoms with Crippen molar-refractivity contribution >= 4 is 11.4 Å². The van der Waals surface area contributed by atoms with E-state index in [1.807, 2.05) is 19.1 Å². The zero-order chi connectivity index (χ0) is 13.7. The van der Waals surface area contributed by atoms with Crippen molar-refractivity contribution in [3.63, 3.8) is 0 Å². The fourth-order valence-corrected chi connectivity index (χ4v) is 2.23. The summed E-state index contributed by atoms with van der Waals surface area (Å²) in [6, 6.07) is 7.27. The molecule has 18 heavy (non-hydrogen) atoms. The number of aryl methyl sites for hydroxylation is 1. The predicted octanol–water partition coefficient (Wildman–Crippen LogP) is 3.11. The first kappa shape index (κ1) is 14.8. The van der Waals surface area contributed by atoms with Crippen LogP contribution in [0, 0.1) is 6.92 Å². The zero-order valence-corrected chi connectivity index (χ0v) is 12.3. The lowest BCUT2D eigenvalue weighted by molar-refractivity contribution is 0.182. The molecule has 0 radical (unpaired) electrons. The van der Waals surface area contributed by atoms with Crippen molar-refractivity contribution < 1.29 is 0 Å². The molecule has 0 aliphatic heterocycles. The number of rotatable bonds is 6. The molecule has 3 N–H and O–H groups in total. The third-order valence-electron chi connectivity index (χ3n) is 3.30. The monoisotopic (exact) mass is 249 g/mol. The van der Waals surface area contributed by atoms with Crippen LogP contribution in [0.2, 0.25) is 0 Å². The standard InChI is InChI=1S/C15H27N3/c1-11(2)18(12(3)4)9-8-17-14-6-7-15(16)13(5)10-14/h6-7,10-12,17H,8-9,16H2,1-5H3. The number of nitrogens with one attached hydrogen (secondary N) is 1. The van der Waals surface area contributed by atoms with Gasteiger partial charge in [0.1, 0.15) is 0 Å². The van der Waals surface area contributed by atoms with Gasteiger partial charge in [0.05, 0.1) is 0 Å². The summed E-state index contributed by atoms with van der Waals surface area (Å²) in [5.41, 5.74) is 8.94. The van der Waals surface area contributed by atoms with Crippen LogP contribution in [0.5, 0.6) is 0 Å². The Morgan fingerprint density at radius 3 is 2.28 bits per heavy atom. The maximum absolute atomic E-state index is 5.81. The van der Waals surface area contributed by atoms with Crippen molar-refractivity contribution in [2.24, 2.45) is 0 Å². The summed E-state index contributed by atoms with van der Waals surface area (Å²) in [5.74, 6) is 0. The summed E-state index contributed by atoms with van der Waals surface area (Å²) in [7, 11) is 0. The highest BCUT2D eigenvalue weighted by molar-refractivity contribution is 5.56. The molecule has 0 amide bonds. The SMILES string of the molecule is Cc1cc(NCCN(C(C)C)C(C)C)ccc1N. The molecular weight excluding hydrogens is 222 g/mol. The van der Waals surface area contributed by atoms with Crippen LogP contribution >= 0.6 is 0 Å². The highest BCUT2D eigenvalue weighted by Crippen LogP contribution is 2.16. The first-order chi connectivity index (χ1) is 8.41. The smallest absolute Gasteiger partial charge is 0.0345 e. The molecule has 0 atom stereocenters. The Hall–Kier alpha value is -1.22. The van der Waals surface area contributed by atoms with Crippen molar-refractivity contribution in [2.45, 2.75) is 46.7 Å². The van der Waals surface area contributed by atoms with Gasteiger partial charge in [0.25, 0.3) is 0 Å². The van der Waals surface area contributed by atoms with Crippen molar-refractivity contribution in [3.05, 3.63) is 23.8 Å². The van der Waals surface area contributed by atoms with Crippen LogP contribution in [0.1, 0.15) is 33.3 Å². The molecule has 0 heterocycles. The van der Waals surface area contributed by atoms with Crippen LogP contribution in [0.4, 0.5) is 11.4 Å². The molecule has 3 heteroatoms. The van der Waals surface area contributed by atoms with Gasteiger partial charge in [-0.25, -0.2) is 0 Å². The van der Waals surface area contributed by atoms with Gasteiger partial charge in [-0.2, -0.15) is 0 Å². The molecule has 1 rings (SSSR count). The van der Waals surface area contributed by atoms with Gasteiger partial charge >= 0.3 is 0 Å². The third kappa shape index (κ3) is 4.22. The van der Waals surface area contributed by atoms with Crippen molar-refractivity contribution in [3.8, 4) is 0 Å². The second kappa shape index (κ2) is 6.64. The second-order valence-corrected chi connectivity index (χ2v) is 5.42. The summed E-state index contributed by atoms with van der Waals surface area (Å²) in [6.45, 7) is 13.0. The normalized spacial score (nSPS) is 11.6. The van der Waals surface area contributed by atoms with Gasteiger partial charge in [-0.1, -0.05) is 0 Å². The first-order valence-corrected chi connectivity index (χ1v) is 6.77. The van der Waals surface area contributed by atoms with E-state index in [1.54, 1.807) is 0 Å². The van der Waals surface area contributed by atoms with Crippen molar-refractivity contribution in [1.29, 1.82) is 0 Å². The van der Waals surface area contributed by atoms with Crippen LogP contribution in [0.25, 0.3) is 0 Å². The van der Waals surface area contributed by atoms with Crippen LogP contribution in [-0.4, -0.2) is 30.1 Å². The van der Waals surface area contributed by atoms with Gasteiger partial charge in [-0.15, -0.1) is 0 Å². The summed E-state index contributed by atoms with van der Waals surface area (Å²) in [4.78, 5) is 2.48. The van der Waals surface area contributed by atoms with Gasteiger partial charge < -0.3 is 11.1 Å². The lowest BCUT2D eigenvalue weighted by Gasteiger charge is -2.30. The van der Waals surface area contributed by atoms with E-state index >= 15 is 0 Å². The number of nitrogen functional groups attached to an aromatic ring is 1. The lowest BCUT2D eigenvalue weighted by atomic mass is 10.2. The minimum absolute atomic E-state index is 0.583. The van der Waals surface area contributed by atoms with Crippen LogP contribution in [0.15, 0.2) is 18.2 Å². The molecule has 0 aromatic heterocycles. The molecule has 1 aromatic carbocycles. The number of nitrogens with zero attached hydrogens (tertiary/aromatic N) is 1. The Bertz CT molecular complexity index is 364. The van der Waals surface area contributed by atoms with E-state index in [-0.39, 0.29) is 0 Å². The molecule has 0 spiro atoms. The van der Waals surface area contributed by atoms with Crippen LogP contribution < -0.4 is 11.1 Å². The Kier molecular flexibility index (Phi) is 5.48. The fourth-order valence-electron chi connectivity index (χ4n) is 2.23. The number of hydrogen-bond acceptors (Lipinski definition) is 3. The minimum atomic E-state index is 0.583. The van der Waals surface area contributed by atoms with Crippen LogP contribution in [-0.2, 0) is 0 Å². The number of anilines is 2. The third-order valence-corrected chi connectivity index (χ3v) is 3.30.